The largest absolute Gasteiger partial charge is 0.359 e. The van der Waals surface area contributed by atoms with Gasteiger partial charge in [0, 0.05) is 12.6 Å². The Morgan fingerprint density at radius 3 is 2.56 bits per heavy atom. The molecule has 150 valence electrons. The smallest absolute Gasteiger partial charge is 0.280 e. The lowest BCUT2D eigenvalue weighted by atomic mass is 10.1. The van der Waals surface area contributed by atoms with Gasteiger partial charge in [0.25, 0.3) is 5.91 Å². The maximum Gasteiger partial charge on any atom is 0.280 e. The topological polar surface area (TPSA) is 62.1 Å². The quantitative estimate of drug-likeness (QED) is 0.760. The summed E-state index contributed by atoms with van der Waals surface area (Å²) < 4.78 is 23.6. The molecular weight excluding hydrogens is 386 g/mol. The Hall–Kier alpha value is -1.31. The lowest BCUT2D eigenvalue weighted by molar-refractivity contribution is -0.915. The molecule has 1 aromatic rings. The second-order valence-electron chi connectivity index (χ2n) is 7.50. The predicted molar refractivity (Wildman–Crippen MR) is 108 cm³/mol. The molecule has 1 N–H and O–H groups in total. The first-order valence-corrected chi connectivity index (χ1v) is 11.9. The van der Waals surface area contributed by atoms with Gasteiger partial charge in [-0.25, -0.2) is 8.42 Å². The highest BCUT2D eigenvalue weighted by molar-refractivity contribution is 7.91. The molecule has 8 heteroatoms. The predicted octanol–water partition coefficient (Wildman–Crippen LogP) is 0.469. The zero-order valence-corrected chi connectivity index (χ0v) is 17.6. The number of para-hydroxylation sites is 1. The summed E-state index contributed by atoms with van der Waals surface area (Å²) in [6.07, 6.45) is 0.560. The van der Waals surface area contributed by atoms with Gasteiger partial charge in [-0.3, -0.25) is 4.79 Å². The van der Waals surface area contributed by atoms with Crippen LogP contribution in [0.25, 0.3) is 0 Å². The zero-order chi connectivity index (χ0) is 19.6. The van der Waals surface area contributed by atoms with Crippen molar-refractivity contribution in [1.82, 2.24) is 4.90 Å². The first-order valence-electron chi connectivity index (χ1n) is 9.67. The highest BCUT2D eigenvalue weighted by Gasteiger charge is 2.38. The number of nitrogens with zero attached hydrogens (tertiary/aromatic N) is 2. The van der Waals surface area contributed by atoms with Crippen molar-refractivity contribution < 1.29 is 18.1 Å². The summed E-state index contributed by atoms with van der Waals surface area (Å²) in [5.41, 5.74) is 1.04. The van der Waals surface area contributed by atoms with Gasteiger partial charge in [0.15, 0.2) is 15.9 Å². The van der Waals surface area contributed by atoms with E-state index in [4.69, 9.17) is 11.6 Å². The molecule has 2 fully saturated rings. The van der Waals surface area contributed by atoms with E-state index in [1.807, 2.05) is 38.1 Å². The Morgan fingerprint density at radius 1 is 1.33 bits per heavy atom. The molecule has 2 aliphatic heterocycles. The Bertz CT molecular complexity index is 778. The number of anilines is 1. The normalized spacial score (nSPS) is 24.0. The highest BCUT2D eigenvalue weighted by Crippen LogP contribution is 2.25. The fourth-order valence-electron chi connectivity index (χ4n) is 4.21. The molecule has 27 heavy (non-hydrogen) atoms. The molecule has 1 amide bonds. The third-order valence-corrected chi connectivity index (χ3v) is 7.92. The van der Waals surface area contributed by atoms with E-state index in [2.05, 4.69) is 4.90 Å². The van der Waals surface area contributed by atoms with Gasteiger partial charge >= 0.3 is 0 Å². The van der Waals surface area contributed by atoms with Crippen LogP contribution in [0.5, 0.6) is 0 Å². The Labute approximate surface area is 167 Å². The Balaban J connectivity index is 1.60. The molecule has 2 aliphatic rings. The van der Waals surface area contributed by atoms with Crippen LogP contribution in [0.3, 0.4) is 0 Å². The van der Waals surface area contributed by atoms with Crippen molar-refractivity contribution in [2.24, 2.45) is 0 Å². The molecule has 0 saturated carbocycles. The van der Waals surface area contributed by atoms with Gasteiger partial charge < -0.3 is 14.7 Å². The maximum absolute atomic E-state index is 13.1. The summed E-state index contributed by atoms with van der Waals surface area (Å²) in [4.78, 5) is 18.4. The van der Waals surface area contributed by atoms with E-state index in [0.29, 0.717) is 13.0 Å². The molecule has 1 aromatic carbocycles. The number of nitrogens with one attached hydrogen (secondary N) is 1. The minimum Gasteiger partial charge on any atom is -0.359 e. The van der Waals surface area contributed by atoms with Crippen LogP contribution in [0.1, 0.15) is 20.3 Å². The minimum absolute atomic E-state index is 0.0702. The van der Waals surface area contributed by atoms with Crippen molar-refractivity contribution in [2.45, 2.75) is 32.4 Å². The number of amides is 1. The van der Waals surface area contributed by atoms with Gasteiger partial charge in [0.05, 0.1) is 48.4 Å². The molecular formula is C19H29ClN3O3S+. The molecule has 0 bridgehead atoms. The van der Waals surface area contributed by atoms with Crippen LogP contribution < -0.4 is 9.80 Å². The molecule has 0 aliphatic carbocycles. The molecule has 2 atom stereocenters. The number of halogens is 1. The molecule has 3 rings (SSSR count). The van der Waals surface area contributed by atoms with Crippen molar-refractivity contribution >= 4 is 33.0 Å². The van der Waals surface area contributed by atoms with Crippen molar-refractivity contribution in [1.29, 1.82) is 0 Å². The number of hydrogen-bond acceptors (Lipinski definition) is 4. The number of benzene rings is 1. The van der Waals surface area contributed by atoms with Crippen molar-refractivity contribution in [3.05, 3.63) is 29.3 Å². The Kier molecular flexibility index (Phi) is 6.33. The van der Waals surface area contributed by atoms with E-state index < -0.39 is 9.84 Å². The standard InChI is InChI=1S/C19H28ClN3O3S/c1-3-23(16-8-13-27(25,26)14-16)19(24)15(2)21-9-11-22(12-10-21)18-7-5-4-6-17(18)20/h4-7,15-16H,3,8-14H2,1-2H3/p+1/t15-,16-/m0/s1. The molecule has 0 aromatic heterocycles. The average Bonchev–Trinajstić information content (AvgIpc) is 3.01. The van der Waals surface area contributed by atoms with Crippen LogP contribution in [-0.2, 0) is 14.6 Å². The van der Waals surface area contributed by atoms with Gasteiger partial charge in [-0.05, 0) is 32.4 Å². The van der Waals surface area contributed by atoms with E-state index in [1.165, 1.54) is 4.90 Å². The number of sulfone groups is 1. The molecule has 0 spiro atoms. The third kappa shape index (κ3) is 4.58. The first-order chi connectivity index (χ1) is 12.8. The van der Waals surface area contributed by atoms with E-state index >= 15 is 0 Å². The molecule has 2 saturated heterocycles. The summed E-state index contributed by atoms with van der Waals surface area (Å²) in [6, 6.07) is 7.51. The fraction of sp³-hybridized carbons (Fsp3) is 0.632. The third-order valence-electron chi connectivity index (χ3n) is 5.85. The van der Waals surface area contributed by atoms with Crippen LogP contribution in [0, 0.1) is 0 Å². The summed E-state index contributed by atoms with van der Waals surface area (Å²) in [7, 11) is -3.00. The van der Waals surface area contributed by atoms with Gasteiger partial charge in [-0.2, -0.15) is 0 Å². The first kappa shape index (κ1) is 20.4. The van der Waals surface area contributed by atoms with Crippen molar-refractivity contribution in [2.75, 3.05) is 49.1 Å². The summed E-state index contributed by atoms with van der Waals surface area (Å²) in [6.45, 7) is 7.87. The summed E-state index contributed by atoms with van der Waals surface area (Å²) in [5, 5.41) is 0.754. The van der Waals surface area contributed by atoms with E-state index in [0.717, 1.165) is 36.9 Å². The zero-order valence-electron chi connectivity index (χ0n) is 16.0. The van der Waals surface area contributed by atoms with Crippen LogP contribution in [0.15, 0.2) is 24.3 Å². The lowest BCUT2D eigenvalue weighted by Gasteiger charge is -2.38. The number of hydrogen-bond donors (Lipinski definition) is 1. The molecule has 6 nitrogen and oxygen atoms in total. The van der Waals surface area contributed by atoms with E-state index in [9.17, 15) is 13.2 Å². The monoisotopic (exact) mass is 414 g/mol. The Morgan fingerprint density at radius 2 is 2.00 bits per heavy atom. The van der Waals surface area contributed by atoms with Gasteiger partial charge in [-0.15, -0.1) is 0 Å². The minimum atomic E-state index is -3.00. The number of carbonyl (C=O) groups excluding carboxylic acids is 1. The molecule has 2 heterocycles. The number of piperazine rings is 1. The van der Waals surface area contributed by atoms with E-state index in [1.54, 1.807) is 4.90 Å². The second-order valence-corrected chi connectivity index (χ2v) is 10.1. The van der Waals surface area contributed by atoms with Gasteiger partial charge in [0.2, 0.25) is 0 Å². The SMILES string of the molecule is CCN(C(=O)[C@H](C)[NH+]1CCN(c2ccccc2Cl)CC1)[C@H]1CCS(=O)(=O)C1. The van der Waals surface area contributed by atoms with Gasteiger partial charge in [-0.1, -0.05) is 23.7 Å². The molecule has 0 radical (unpaired) electrons. The number of quaternary nitrogens is 1. The molecule has 0 unspecified atom stereocenters. The van der Waals surface area contributed by atoms with Crippen LogP contribution in [0.2, 0.25) is 5.02 Å². The second kappa shape index (κ2) is 8.37. The van der Waals surface area contributed by atoms with Crippen LogP contribution in [-0.4, -0.2) is 75.5 Å². The van der Waals surface area contributed by atoms with Gasteiger partial charge in [0.1, 0.15) is 0 Å². The maximum atomic E-state index is 13.1. The number of carbonyl (C=O) groups is 1. The lowest BCUT2D eigenvalue weighted by Crippen LogP contribution is -3.19. The summed E-state index contributed by atoms with van der Waals surface area (Å²) in [5.74, 6) is 0.370. The number of rotatable bonds is 5. The number of likely N-dealkylation sites (N-methyl/N-ethyl adjacent to an activating group) is 1. The highest BCUT2D eigenvalue weighted by atomic mass is 35.5. The fourth-order valence-corrected chi connectivity index (χ4v) is 6.20. The summed E-state index contributed by atoms with van der Waals surface area (Å²) >= 11 is 6.30. The average molecular weight is 415 g/mol. The van der Waals surface area contributed by atoms with E-state index in [-0.39, 0.29) is 29.5 Å². The van der Waals surface area contributed by atoms with Crippen molar-refractivity contribution in [3.63, 3.8) is 0 Å². The van der Waals surface area contributed by atoms with Crippen molar-refractivity contribution in [3.8, 4) is 0 Å². The van der Waals surface area contributed by atoms with Crippen LogP contribution >= 0.6 is 11.6 Å². The van der Waals surface area contributed by atoms with Crippen LogP contribution in [0.4, 0.5) is 5.69 Å².